The Labute approximate surface area is 122 Å². The maximum atomic E-state index is 12.5. The fourth-order valence-corrected chi connectivity index (χ4v) is 2.78. The Morgan fingerprint density at radius 1 is 1.40 bits per heavy atom. The van der Waals surface area contributed by atoms with E-state index in [1.165, 1.54) is 0 Å². The molecule has 5 nitrogen and oxygen atoms in total. The number of nitrogens with zero attached hydrogens (tertiary/aromatic N) is 1. The van der Waals surface area contributed by atoms with Gasteiger partial charge in [0.2, 0.25) is 5.91 Å². The predicted molar refractivity (Wildman–Crippen MR) is 77.6 cm³/mol. The van der Waals surface area contributed by atoms with Gasteiger partial charge in [0.15, 0.2) is 0 Å². The van der Waals surface area contributed by atoms with Crippen molar-refractivity contribution in [3.8, 4) is 0 Å². The van der Waals surface area contributed by atoms with Crippen molar-refractivity contribution in [2.24, 2.45) is 5.92 Å². The second kappa shape index (κ2) is 7.38. The fraction of sp³-hybridized carbons (Fsp3) is 0.933. The third-order valence-electron chi connectivity index (χ3n) is 4.00. The smallest absolute Gasteiger partial charge is 0.242 e. The van der Waals surface area contributed by atoms with Crippen molar-refractivity contribution < 1.29 is 14.3 Å². The van der Waals surface area contributed by atoms with Crippen molar-refractivity contribution in [1.82, 2.24) is 10.2 Å². The second-order valence-corrected chi connectivity index (χ2v) is 6.26. The number of hydrogen-bond donors (Lipinski definition) is 1. The van der Waals surface area contributed by atoms with E-state index in [1.54, 1.807) is 0 Å². The molecule has 0 spiro atoms. The summed E-state index contributed by atoms with van der Waals surface area (Å²) in [6, 6.07) is -0.183. The maximum Gasteiger partial charge on any atom is 0.242 e. The molecule has 0 radical (unpaired) electrons. The topological polar surface area (TPSA) is 50.8 Å². The average molecular weight is 284 g/mol. The zero-order valence-electron chi connectivity index (χ0n) is 12.9. The number of rotatable bonds is 4. The Bertz CT molecular complexity index is 314. The van der Waals surface area contributed by atoms with Crippen LogP contribution >= 0.6 is 0 Å². The van der Waals surface area contributed by atoms with Crippen molar-refractivity contribution in [2.75, 3.05) is 32.8 Å². The Morgan fingerprint density at radius 3 is 2.70 bits per heavy atom. The molecule has 0 unspecified atom stereocenters. The molecular weight excluding hydrogens is 256 g/mol. The highest BCUT2D eigenvalue weighted by Gasteiger charge is 2.33. The van der Waals surface area contributed by atoms with Crippen molar-refractivity contribution >= 4 is 5.91 Å². The quantitative estimate of drug-likeness (QED) is 0.837. The van der Waals surface area contributed by atoms with Crippen LogP contribution in [0.25, 0.3) is 0 Å². The van der Waals surface area contributed by atoms with Gasteiger partial charge < -0.3 is 19.7 Å². The standard InChI is InChI=1S/C15H28N2O3/c1-11(2)10-20-13-4-7-17(8-5-13)15(18)14-12(3)19-9-6-16-14/h11-14,16H,4-10H2,1-3H3/t12-,14+/m1/s1. The predicted octanol–water partition coefficient (Wildman–Crippen LogP) is 1.03. The van der Waals surface area contributed by atoms with Crippen LogP contribution < -0.4 is 5.32 Å². The lowest BCUT2D eigenvalue weighted by Crippen LogP contribution is -2.57. The molecule has 0 aromatic rings. The largest absolute Gasteiger partial charge is 0.378 e. The molecule has 116 valence electrons. The number of ether oxygens (including phenoxy) is 2. The molecule has 0 saturated carbocycles. The van der Waals surface area contributed by atoms with Crippen LogP contribution in [0.2, 0.25) is 0 Å². The van der Waals surface area contributed by atoms with Crippen LogP contribution in [0.4, 0.5) is 0 Å². The first-order valence-electron chi connectivity index (χ1n) is 7.83. The molecule has 2 aliphatic rings. The summed E-state index contributed by atoms with van der Waals surface area (Å²) in [6.45, 7) is 10.1. The van der Waals surface area contributed by atoms with Gasteiger partial charge in [0.05, 0.1) is 18.8 Å². The van der Waals surface area contributed by atoms with E-state index in [-0.39, 0.29) is 18.1 Å². The molecule has 2 rings (SSSR count). The number of carbonyl (C=O) groups excluding carboxylic acids is 1. The van der Waals surface area contributed by atoms with E-state index >= 15 is 0 Å². The summed E-state index contributed by atoms with van der Waals surface area (Å²) in [4.78, 5) is 14.4. The number of amides is 1. The Balaban J connectivity index is 1.76. The minimum absolute atomic E-state index is 0.0360. The molecule has 5 heteroatoms. The van der Waals surface area contributed by atoms with Gasteiger partial charge in [-0.25, -0.2) is 0 Å². The molecule has 0 aromatic carbocycles. The van der Waals surface area contributed by atoms with Crippen LogP contribution in [0.5, 0.6) is 0 Å². The molecule has 20 heavy (non-hydrogen) atoms. The molecule has 1 amide bonds. The molecule has 2 heterocycles. The second-order valence-electron chi connectivity index (χ2n) is 6.26. The van der Waals surface area contributed by atoms with Crippen LogP contribution in [0.1, 0.15) is 33.6 Å². The van der Waals surface area contributed by atoms with E-state index in [4.69, 9.17) is 9.47 Å². The van der Waals surface area contributed by atoms with E-state index < -0.39 is 0 Å². The van der Waals surface area contributed by atoms with Gasteiger partial charge in [-0.15, -0.1) is 0 Å². The van der Waals surface area contributed by atoms with E-state index in [9.17, 15) is 4.79 Å². The van der Waals surface area contributed by atoms with Gasteiger partial charge in [0, 0.05) is 26.2 Å². The number of carbonyl (C=O) groups is 1. The van der Waals surface area contributed by atoms with Crippen molar-refractivity contribution in [1.29, 1.82) is 0 Å². The van der Waals surface area contributed by atoms with Crippen LogP contribution in [0.15, 0.2) is 0 Å². The van der Waals surface area contributed by atoms with E-state index in [1.807, 2.05) is 11.8 Å². The number of nitrogens with one attached hydrogen (secondary N) is 1. The summed E-state index contributed by atoms with van der Waals surface area (Å²) < 4.78 is 11.4. The van der Waals surface area contributed by atoms with Crippen LogP contribution in [-0.2, 0) is 14.3 Å². The molecule has 1 N–H and O–H groups in total. The number of piperidine rings is 1. The molecule has 2 atom stereocenters. The lowest BCUT2D eigenvalue weighted by molar-refractivity contribution is -0.142. The van der Waals surface area contributed by atoms with E-state index in [0.717, 1.165) is 39.1 Å². The molecule has 0 aliphatic carbocycles. The minimum atomic E-state index is -0.183. The van der Waals surface area contributed by atoms with Gasteiger partial charge >= 0.3 is 0 Å². The molecular formula is C15H28N2O3. The molecule has 0 aromatic heterocycles. The fourth-order valence-electron chi connectivity index (χ4n) is 2.78. The highest BCUT2D eigenvalue weighted by atomic mass is 16.5. The first kappa shape index (κ1) is 15.7. The Hall–Kier alpha value is -0.650. The third kappa shape index (κ3) is 4.17. The van der Waals surface area contributed by atoms with Gasteiger partial charge in [-0.3, -0.25) is 4.79 Å². The Kier molecular flexibility index (Phi) is 5.81. The lowest BCUT2D eigenvalue weighted by Gasteiger charge is -2.37. The molecule has 2 fully saturated rings. The van der Waals surface area contributed by atoms with Crippen LogP contribution in [-0.4, -0.2) is 61.9 Å². The number of hydrogen-bond acceptors (Lipinski definition) is 4. The van der Waals surface area contributed by atoms with Gasteiger partial charge in [-0.1, -0.05) is 13.8 Å². The zero-order valence-corrected chi connectivity index (χ0v) is 12.9. The first-order chi connectivity index (χ1) is 9.58. The summed E-state index contributed by atoms with van der Waals surface area (Å²) in [7, 11) is 0. The van der Waals surface area contributed by atoms with E-state index in [0.29, 0.717) is 18.6 Å². The van der Waals surface area contributed by atoms with Gasteiger partial charge in [0.25, 0.3) is 0 Å². The monoisotopic (exact) mass is 284 g/mol. The highest BCUT2D eigenvalue weighted by molar-refractivity contribution is 5.82. The van der Waals surface area contributed by atoms with E-state index in [2.05, 4.69) is 19.2 Å². The summed E-state index contributed by atoms with van der Waals surface area (Å²) >= 11 is 0. The highest BCUT2D eigenvalue weighted by Crippen LogP contribution is 2.17. The lowest BCUT2D eigenvalue weighted by atomic mass is 10.0. The average Bonchev–Trinajstić information content (AvgIpc) is 2.45. The number of likely N-dealkylation sites (tertiary alicyclic amines) is 1. The summed E-state index contributed by atoms with van der Waals surface area (Å²) in [5.74, 6) is 0.749. The first-order valence-corrected chi connectivity index (χ1v) is 7.83. The molecule has 2 saturated heterocycles. The number of morpholine rings is 1. The Morgan fingerprint density at radius 2 is 2.10 bits per heavy atom. The van der Waals surface area contributed by atoms with Gasteiger partial charge in [0.1, 0.15) is 6.04 Å². The normalized spacial score (nSPS) is 28.9. The van der Waals surface area contributed by atoms with Crippen LogP contribution in [0.3, 0.4) is 0 Å². The summed E-state index contributed by atoms with van der Waals surface area (Å²) in [5.41, 5.74) is 0. The molecule has 0 bridgehead atoms. The van der Waals surface area contributed by atoms with Crippen LogP contribution in [0, 0.1) is 5.92 Å². The minimum Gasteiger partial charge on any atom is -0.378 e. The third-order valence-corrected chi connectivity index (χ3v) is 4.00. The van der Waals surface area contributed by atoms with Crippen molar-refractivity contribution in [3.05, 3.63) is 0 Å². The van der Waals surface area contributed by atoms with Gasteiger partial charge in [-0.05, 0) is 25.7 Å². The zero-order chi connectivity index (χ0) is 14.5. The summed E-state index contributed by atoms with van der Waals surface area (Å²) in [6.07, 6.45) is 2.17. The van der Waals surface area contributed by atoms with Gasteiger partial charge in [-0.2, -0.15) is 0 Å². The molecule has 2 aliphatic heterocycles. The maximum absolute atomic E-state index is 12.5. The SMILES string of the molecule is CC(C)COC1CCN(C(=O)[C@H]2NCCO[C@@H]2C)CC1. The van der Waals surface area contributed by atoms with Crippen molar-refractivity contribution in [3.63, 3.8) is 0 Å². The summed E-state index contributed by atoms with van der Waals surface area (Å²) in [5, 5.41) is 3.27. The van der Waals surface area contributed by atoms with Crippen molar-refractivity contribution in [2.45, 2.75) is 51.9 Å².